The molecule has 0 spiro atoms. The molecule has 0 bridgehead atoms. The second kappa shape index (κ2) is 4.51. The lowest BCUT2D eigenvalue weighted by Gasteiger charge is -2.28. The predicted octanol–water partition coefficient (Wildman–Crippen LogP) is 0.876. The molecule has 74 valence electrons. The van der Waals surface area contributed by atoms with E-state index in [-0.39, 0.29) is 23.9 Å². The fourth-order valence-corrected chi connectivity index (χ4v) is 1.82. The molecule has 1 fully saturated rings. The second-order valence-electron chi connectivity index (χ2n) is 3.95. The number of nitrogens with zero attached hydrogens (tertiary/aromatic N) is 1. The van der Waals surface area contributed by atoms with Crippen molar-refractivity contribution in [3.8, 4) is 0 Å². The van der Waals surface area contributed by atoms with E-state index < -0.39 is 0 Å². The summed E-state index contributed by atoms with van der Waals surface area (Å²) in [7, 11) is 2.02. The van der Waals surface area contributed by atoms with Crippen LogP contribution in [0.5, 0.6) is 0 Å². The monoisotopic (exact) mass is 183 g/mol. The van der Waals surface area contributed by atoms with Crippen LogP contribution in [0, 0.1) is 5.92 Å². The molecule has 1 unspecified atom stereocenters. The maximum atomic E-state index is 11.5. The average Bonchev–Trinajstić information content (AvgIpc) is 2.03. The van der Waals surface area contributed by atoms with Gasteiger partial charge in [-0.2, -0.15) is 0 Å². The number of Topliss-reactive ketones (excluding diaryl/α,β-unsaturated/α-hetero) is 2. The Bertz CT molecular complexity index is 213. The lowest BCUT2D eigenvalue weighted by atomic mass is 9.92. The van der Waals surface area contributed by atoms with Crippen LogP contribution in [-0.4, -0.2) is 36.6 Å². The van der Waals surface area contributed by atoms with Gasteiger partial charge in [0.15, 0.2) is 0 Å². The first-order chi connectivity index (χ1) is 6.09. The van der Waals surface area contributed by atoms with E-state index in [4.69, 9.17) is 0 Å². The summed E-state index contributed by atoms with van der Waals surface area (Å²) in [5.74, 6) is 0.208. The SMILES string of the molecule is CC(=O)CC(=O)C1CCCN(C)C1. The van der Waals surface area contributed by atoms with E-state index in [9.17, 15) is 9.59 Å². The molecule has 1 heterocycles. The molecule has 0 N–H and O–H groups in total. The van der Waals surface area contributed by atoms with E-state index in [2.05, 4.69) is 4.90 Å². The Morgan fingerprint density at radius 2 is 2.15 bits per heavy atom. The molecule has 3 heteroatoms. The second-order valence-corrected chi connectivity index (χ2v) is 3.95. The summed E-state index contributed by atoms with van der Waals surface area (Å²) in [6.45, 7) is 3.38. The zero-order chi connectivity index (χ0) is 9.84. The minimum absolute atomic E-state index is 0.0155. The molecule has 1 rings (SSSR count). The van der Waals surface area contributed by atoms with Crippen LogP contribution in [0.4, 0.5) is 0 Å². The zero-order valence-corrected chi connectivity index (χ0v) is 8.38. The van der Waals surface area contributed by atoms with Crippen molar-refractivity contribution < 1.29 is 9.59 Å². The van der Waals surface area contributed by atoms with Gasteiger partial charge < -0.3 is 4.90 Å². The van der Waals surface area contributed by atoms with Crippen molar-refractivity contribution >= 4 is 11.6 Å². The van der Waals surface area contributed by atoms with Crippen molar-refractivity contribution in [3.63, 3.8) is 0 Å². The first-order valence-corrected chi connectivity index (χ1v) is 4.80. The highest BCUT2D eigenvalue weighted by Crippen LogP contribution is 2.17. The van der Waals surface area contributed by atoms with Gasteiger partial charge >= 0.3 is 0 Å². The van der Waals surface area contributed by atoms with Gasteiger partial charge in [0.05, 0.1) is 6.42 Å². The van der Waals surface area contributed by atoms with Crippen molar-refractivity contribution in [2.24, 2.45) is 5.92 Å². The molecule has 0 radical (unpaired) electrons. The van der Waals surface area contributed by atoms with Crippen LogP contribution in [0.2, 0.25) is 0 Å². The Kier molecular flexibility index (Phi) is 3.60. The Labute approximate surface area is 79.1 Å². The summed E-state index contributed by atoms with van der Waals surface area (Å²) < 4.78 is 0. The van der Waals surface area contributed by atoms with Gasteiger partial charge in [0, 0.05) is 12.5 Å². The Morgan fingerprint density at radius 3 is 2.69 bits per heavy atom. The van der Waals surface area contributed by atoms with Gasteiger partial charge in [-0.15, -0.1) is 0 Å². The number of hydrogen-bond donors (Lipinski definition) is 0. The highest BCUT2D eigenvalue weighted by molar-refractivity contribution is 5.99. The molecule has 1 aliphatic rings. The lowest BCUT2D eigenvalue weighted by Crippen LogP contribution is -2.36. The standard InChI is InChI=1S/C10H17NO2/c1-8(12)6-10(13)9-4-3-5-11(2)7-9/h9H,3-7H2,1-2H3. The molecular formula is C10H17NO2. The number of hydrogen-bond acceptors (Lipinski definition) is 3. The third-order valence-electron chi connectivity index (χ3n) is 2.50. The Hall–Kier alpha value is -0.700. The van der Waals surface area contributed by atoms with Gasteiger partial charge in [0.2, 0.25) is 0 Å². The summed E-state index contributed by atoms with van der Waals surface area (Å²) in [6.07, 6.45) is 2.15. The number of carbonyl (C=O) groups excluding carboxylic acids is 2. The topological polar surface area (TPSA) is 37.4 Å². The van der Waals surface area contributed by atoms with E-state index in [0.29, 0.717) is 0 Å². The molecule has 0 aromatic rings. The molecule has 0 amide bonds. The van der Waals surface area contributed by atoms with Gasteiger partial charge in [0.25, 0.3) is 0 Å². The summed E-state index contributed by atoms with van der Waals surface area (Å²) in [4.78, 5) is 24.4. The first kappa shape index (κ1) is 10.4. The predicted molar refractivity (Wildman–Crippen MR) is 50.5 cm³/mol. The van der Waals surface area contributed by atoms with Gasteiger partial charge in [-0.05, 0) is 33.4 Å². The summed E-state index contributed by atoms with van der Waals surface area (Å²) in [5, 5.41) is 0. The molecule has 3 nitrogen and oxygen atoms in total. The third-order valence-corrected chi connectivity index (χ3v) is 2.50. The van der Waals surface area contributed by atoms with Crippen LogP contribution in [0.15, 0.2) is 0 Å². The van der Waals surface area contributed by atoms with Crippen molar-refractivity contribution in [1.82, 2.24) is 4.90 Å². The van der Waals surface area contributed by atoms with Crippen LogP contribution in [0.25, 0.3) is 0 Å². The minimum atomic E-state index is -0.0155. The van der Waals surface area contributed by atoms with Gasteiger partial charge in [-0.3, -0.25) is 9.59 Å². The van der Waals surface area contributed by atoms with Crippen LogP contribution in [-0.2, 0) is 9.59 Å². The van der Waals surface area contributed by atoms with Gasteiger partial charge in [-0.1, -0.05) is 0 Å². The summed E-state index contributed by atoms with van der Waals surface area (Å²) in [6, 6.07) is 0. The average molecular weight is 183 g/mol. The fourth-order valence-electron chi connectivity index (χ4n) is 1.82. The number of piperidine rings is 1. The van der Waals surface area contributed by atoms with E-state index in [0.717, 1.165) is 25.9 Å². The highest BCUT2D eigenvalue weighted by Gasteiger charge is 2.24. The highest BCUT2D eigenvalue weighted by atomic mass is 16.1. The zero-order valence-electron chi connectivity index (χ0n) is 8.38. The first-order valence-electron chi connectivity index (χ1n) is 4.80. The van der Waals surface area contributed by atoms with Crippen LogP contribution < -0.4 is 0 Å². The molecule has 1 atom stereocenters. The fraction of sp³-hybridized carbons (Fsp3) is 0.800. The van der Waals surface area contributed by atoms with Gasteiger partial charge in [-0.25, -0.2) is 0 Å². The third kappa shape index (κ3) is 3.27. The van der Waals surface area contributed by atoms with E-state index in [1.54, 1.807) is 0 Å². The Morgan fingerprint density at radius 1 is 1.46 bits per heavy atom. The molecule has 13 heavy (non-hydrogen) atoms. The molecular weight excluding hydrogens is 166 g/mol. The molecule has 1 aliphatic heterocycles. The number of carbonyl (C=O) groups is 2. The molecule has 0 aromatic heterocycles. The Balaban J connectivity index is 2.41. The maximum Gasteiger partial charge on any atom is 0.144 e. The molecule has 0 saturated carbocycles. The molecule has 0 aliphatic carbocycles. The normalized spacial score (nSPS) is 24.3. The van der Waals surface area contributed by atoms with Gasteiger partial charge in [0.1, 0.15) is 11.6 Å². The van der Waals surface area contributed by atoms with E-state index >= 15 is 0 Å². The lowest BCUT2D eigenvalue weighted by molar-refractivity contribution is -0.129. The molecule has 0 aromatic carbocycles. The van der Waals surface area contributed by atoms with Crippen molar-refractivity contribution in [3.05, 3.63) is 0 Å². The maximum absolute atomic E-state index is 11.5. The smallest absolute Gasteiger partial charge is 0.144 e. The van der Waals surface area contributed by atoms with Crippen molar-refractivity contribution in [2.75, 3.05) is 20.1 Å². The number of rotatable bonds is 3. The van der Waals surface area contributed by atoms with Crippen molar-refractivity contribution in [1.29, 1.82) is 0 Å². The quantitative estimate of drug-likeness (QED) is 0.609. The number of ketones is 2. The summed E-state index contributed by atoms with van der Waals surface area (Å²) in [5.41, 5.74) is 0. The summed E-state index contributed by atoms with van der Waals surface area (Å²) >= 11 is 0. The molecule has 1 saturated heterocycles. The number of likely N-dealkylation sites (tertiary alicyclic amines) is 1. The minimum Gasteiger partial charge on any atom is -0.306 e. The van der Waals surface area contributed by atoms with E-state index in [1.807, 2.05) is 7.05 Å². The van der Waals surface area contributed by atoms with Crippen LogP contribution in [0.3, 0.4) is 0 Å². The van der Waals surface area contributed by atoms with Crippen molar-refractivity contribution in [2.45, 2.75) is 26.2 Å². The van der Waals surface area contributed by atoms with Crippen LogP contribution >= 0.6 is 0 Å². The largest absolute Gasteiger partial charge is 0.306 e. The van der Waals surface area contributed by atoms with Crippen LogP contribution in [0.1, 0.15) is 26.2 Å². The van der Waals surface area contributed by atoms with E-state index in [1.165, 1.54) is 6.92 Å².